The molecule has 0 unspecified atom stereocenters. The molecule has 0 radical (unpaired) electrons. The predicted octanol–water partition coefficient (Wildman–Crippen LogP) is 4.62. The van der Waals surface area contributed by atoms with Crippen LogP contribution in [0.5, 0.6) is 0 Å². The highest BCUT2D eigenvalue weighted by atomic mass is 35.5. The summed E-state index contributed by atoms with van der Waals surface area (Å²) in [6.45, 7) is -0.359. The highest BCUT2D eigenvalue weighted by molar-refractivity contribution is 6.39. The Morgan fingerprint density at radius 3 is 2.08 bits per heavy atom. The van der Waals surface area contributed by atoms with Crippen molar-refractivity contribution in [2.75, 3.05) is 6.54 Å². The summed E-state index contributed by atoms with van der Waals surface area (Å²) in [5, 5.41) is 22.7. The minimum Gasteiger partial charge on any atom is -0.478 e. The lowest BCUT2D eigenvalue weighted by atomic mass is 10.0. The maximum atomic E-state index is 14.1. The molecule has 0 heterocycles. The Hall–Kier alpha value is -4.00. The molecule has 3 N–H and O–H groups in total. The first-order valence-electron chi connectivity index (χ1n) is 10.3. The Morgan fingerprint density at radius 1 is 0.972 bits per heavy atom. The number of amides is 2. The third-order valence-electron chi connectivity index (χ3n) is 5.16. The Morgan fingerprint density at radius 2 is 1.56 bits per heavy atom. The summed E-state index contributed by atoms with van der Waals surface area (Å²) in [6, 6.07) is 11.9. The molecule has 184 valence electrons. The van der Waals surface area contributed by atoms with Crippen molar-refractivity contribution in [1.82, 2.24) is 10.6 Å². The summed E-state index contributed by atoms with van der Waals surface area (Å²) in [5.74, 6) is -4.46. The molecular weight excluding hydrogens is 515 g/mol. The summed E-state index contributed by atoms with van der Waals surface area (Å²) in [4.78, 5) is 36.5. The van der Waals surface area contributed by atoms with Crippen molar-refractivity contribution in [1.29, 1.82) is 5.26 Å². The largest absolute Gasteiger partial charge is 0.478 e. The monoisotopic (exact) mass is 531 g/mol. The highest BCUT2D eigenvalue weighted by Crippen LogP contribution is 2.36. The van der Waals surface area contributed by atoms with Gasteiger partial charge in [0.05, 0.1) is 21.7 Å². The lowest BCUT2D eigenvalue weighted by Gasteiger charge is -2.19. The molecule has 0 aliphatic heterocycles. The third kappa shape index (κ3) is 6.16. The van der Waals surface area contributed by atoms with Gasteiger partial charge in [0.2, 0.25) is 5.91 Å². The average Bonchev–Trinajstić information content (AvgIpc) is 2.83. The number of hydrogen-bond donors (Lipinski definition) is 3. The maximum Gasteiger partial charge on any atom is 0.335 e. The molecular formula is C25H17Cl2F2N3O4. The van der Waals surface area contributed by atoms with Gasteiger partial charge in [0.15, 0.2) is 0 Å². The number of carboxylic acid groups (broad SMARTS) is 1. The number of carbonyl (C=O) groups excluding carboxylic acids is 2. The van der Waals surface area contributed by atoms with Crippen LogP contribution < -0.4 is 10.6 Å². The lowest BCUT2D eigenvalue weighted by Crippen LogP contribution is -2.48. The van der Waals surface area contributed by atoms with Crippen LogP contribution in [0.3, 0.4) is 0 Å². The number of nitriles is 1. The fourth-order valence-electron chi connectivity index (χ4n) is 3.39. The van der Waals surface area contributed by atoms with Crippen LogP contribution in [0.1, 0.15) is 26.3 Å². The van der Waals surface area contributed by atoms with Crippen molar-refractivity contribution < 1.29 is 28.3 Å². The molecule has 0 bridgehead atoms. The van der Waals surface area contributed by atoms with Gasteiger partial charge in [0, 0.05) is 23.1 Å². The van der Waals surface area contributed by atoms with E-state index in [9.17, 15) is 23.2 Å². The van der Waals surface area contributed by atoms with Crippen LogP contribution in [0.4, 0.5) is 8.78 Å². The number of nitrogens with one attached hydrogen (secondary N) is 2. The first-order chi connectivity index (χ1) is 17.1. The van der Waals surface area contributed by atoms with Gasteiger partial charge in [0.1, 0.15) is 24.2 Å². The van der Waals surface area contributed by atoms with E-state index in [1.165, 1.54) is 42.5 Å². The first-order valence-corrected chi connectivity index (χ1v) is 11.1. The van der Waals surface area contributed by atoms with E-state index in [0.717, 1.165) is 12.1 Å². The predicted molar refractivity (Wildman–Crippen MR) is 129 cm³/mol. The van der Waals surface area contributed by atoms with Gasteiger partial charge in [-0.3, -0.25) is 9.59 Å². The zero-order valence-electron chi connectivity index (χ0n) is 18.3. The van der Waals surface area contributed by atoms with Gasteiger partial charge in [0.25, 0.3) is 5.91 Å². The molecule has 0 aromatic heterocycles. The second-order valence-corrected chi connectivity index (χ2v) is 8.32. The number of aromatic carboxylic acids is 1. The highest BCUT2D eigenvalue weighted by Gasteiger charge is 2.25. The molecule has 1 atom stereocenters. The number of rotatable bonds is 8. The van der Waals surface area contributed by atoms with Crippen molar-refractivity contribution in [3.05, 3.63) is 93.0 Å². The SMILES string of the molecule is N#CCNC(=O)[C@H](Cc1c(F)cccc1F)NC(=O)c1ccc(-c2c(Cl)cc(C(=O)O)cc2Cl)cc1. The van der Waals surface area contributed by atoms with Crippen molar-refractivity contribution in [2.24, 2.45) is 0 Å². The molecule has 0 spiro atoms. The van der Waals surface area contributed by atoms with Crippen molar-refractivity contribution in [2.45, 2.75) is 12.5 Å². The van der Waals surface area contributed by atoms with Crippen molar-refractivity contribution in [3.8, 4) is 17.2 Å². The maximum absolute atomic E-state index is 14.1. The first kappa shape index (κ1) is 26.6. The summed E-state index contributed by atoms with van der Waals surface area (Å²) < 4.78 is 28.3. The van der Waals surface area contributed by atoms with E-state index in [1.54, 1.807) is 6.07 Å². The second kappa shape index (κ2) is 11.6. The van der Waals surface area contributed by atoms with Gasteiger partial charge < -0.3 is 15.7 Å². The van der Waals surface area contributed by atoms with Crippen LogP contribution in [-0.4, -0.2) is 35.5 Å². The molecule has 36 heavy (non-hydrogen) atoms. The van der Waals surface area contributed by atoms with E-state index >= 15 is 0 Å². The Kier molecular flexibility index (Phi) is 8.59. The van der Waals surface area contributed by atoms with Crippen LogP contribution in [0.25, 0.3) is 11.1 Å². The quantitative estimate of drug-likeness (QED) is 0.366. The molecule has 0 aliphatic carbocycles. The zero-order valence-corrected chi connectivity index (χ0v) is 19.8. The molecule has 0 aliphatic rings. The molecule has 0 fully saturated rings. The van der Waals surface area contributed by atoms with E-state index in [2.05, 4.69) is 10.6 Å². The van der Waals surface area contributed by atoms with Gasteiger partial charge in [-0.25, -0.2) is 13.6 Å². The van der Waals surface area contributed by atoms with Crippen LogP contribution in [0, 0.1) is 23.0 Å². The van der Waals surface area contributed by atoms with E-state index < -0.39 is 41.9 Å². The number of halogens is 4. The number of carbonyl (C=O) groups is 3. The summed E-state index contributed by atoms with van der Waals surface area (Å²) >= 11 is 12.4. The standard InChI is InChI=1S/C25H17Cl2F2N3O4/c26-17-10-15(25(35)36)11-18(27)22(17)13-4-6-14(7-5-13)23(33)32-21(24(34)31-9-8-30)12-16-19(28)2-1-3-20(16)29/h1-7,10-11,21H,9,12H2,(H,31,34)(H,32,33)(H,35,36)/t21-/m0/s1. The van der Waals surface area contributed by atoms with E-state index in [1.807, 2.05) is 0 Å². The summed E-state index contributed by atoms with van der Waals surface area (Å²) in [5.41, 5.74) is 0.491. The molecule has 0 saturated carbocycles. The van der Waals surface area contributed by atoms with Gasteiger partial charge in [-0.2, -0.15) is 5.26 Å². The van der Waals surface area contributed by atoms with Crippen molar-refractivity contribution in [3.63, 3.8) is 0 Å². The van der Waals surface area contributed by atoms with Gasteiger partial charge >= 0.3 is 5.97 Å². The third-order valence-corrected chi connectivity index (χ3v) is 5.75. The fourth-order valence-corrected chi connectivity index (χ4v) is 4.10. The Bertz CT molecular complexity index is 1330. The molecule has 0 saturated heterocycles. The average molecular weight is 532 g/mol. The van der Waals surface area contributed by atoms with Crippen molar-refractivity contribution >= 4 is 41.0 Å². The number of benzene rings is 3. The van der Waals surface area contributed by atoms with Crippen LogP contribution in [0.15, 0.2) is 54.6 Å². The molecule has 3 aromatic rings. The number of hydrogen-bond acceptors (Lipinski definition) is 4. The fraction of sp³-hybridized carbons (Fsp3) is 0.120. The molecule has 3 aromatic carbocycles. The topological polar surface area (TPSA) is 119 Å². The number of nitrogens with zero attached hydrogens (tertiary/aromatic N) is 1. The van der Waals surface area contributed by atoms with E-state index in [0.29, 0.717) is 11.1 Å². The van der Waals surface area contributed by atoms with E-state index in [4.69, 9.17) is 33.6 Å². The normalized spacial score (nSPS) is 11.3. The van der Waals surface area contributed by atoms with Crippen LogP contribution >= 0.6 is 23.2 Å². The van der Waals surface area contributed by atoms with Crippen LogP contribution in [0.2, 0.25) is 10.0 Å². The molecule has 2 amide bonds. The molecule has 3 rings (SSSR count). The van der Waals surface area contributed by atoms with Gasteiger partial charge in [-0.15, -0.1) is 0 Å². The van der Waals surface area contributed by atoms with E-state index in [-0.39, 0.29) is 33.3 Å². The van der Waals surface area contributed by atoms with Gasteiger partial charge in [-0.05, 0) is 42.0 Å². The Labute approximate surface area is 214 Å². The number of carboxylic acids is 1. The second-order valence-electron chi connectivity index (χ2n) is 7.50. The minimum absolute atomic E-state index is 0.0863. The summed E-state index contributed by atoms with van der Waals surface area (Å²) in [7, 11) is 0. The van der Waals surface area contributed by atoms with Crippen LogP contribution in [-0.2, 0) is 11.2 Å². The summed E-state index contributed by atoms with van der Waals surface area (Å²) in [6.07, 6.45) is -0.485. The smallest absolute Gasteiger partial charge is 0.335 e. The Balaban J connectivity index is 1.84. The molecule has 11 heteroatoms. The lowest BCUT2D eigenvalue weighted by molar-refractivity contribution is -0.122. The zero-order chi connectivity index (χ0) is 26.4. The minimum atomic E-state index is -1.37. The molecule has 7 nitrogen and oxygen atoms in total. The van der Waals surface area contributed by atoms with Gasteiger partial charge in [-0.1, -0.05) is 41.4 Å².